The zero-order chi connectivity index (χ0) is 16.9. The van der Waals surface area contributed by atoms with Crippen molar-refractivity contribution in [3.63, 3.8) is 0 Å². The topological polar surface area (TPSA) is 58.4 Å². The molecule has 1 heterocycles. The number of nitrogens with one attached hydrogen (secondary N) is 1. The Morgan fingerprint density at radius 1 is 1.08 bits per heavy atom. The van der Waals surface area contributed by atoms with E-state index in [1.807, 2.05) is 0 Å². The largest absolute Gasteiger partial charge is 0.378 e. The fourth-order valence-electron chi connectivity index (χ4n) is 3.01. The Kier molecular flexibility index (Phi) is 5.05. The van der Waals surface area contributed by atoms with Crippen molar-refractivity contribution in [2.45, 2.75) is 12.8 Å². The normalized spacial score (nSPS) is 14.7. The standard InChI is InChI=1S/C18H20FN3O2/c19-16-6-3-14(4-7-16)15-5-8-18(22(23)24)17(13-15)20-9-12-21-10-1-2-11-21/h3-8,13,20H,1-2,9-12H2. The van der Waals surface area contributed by atoms with Gasteiger partial charge in [0.25, 0.3) is 5.69 Å². The van der Waals surface area contributed by atoms with Gasteiger partial charge in [-0.25, -0.2) is 4.39 Å². The SMILES string of the molecule is O=[N+]([O-])c1ccc(-c2ccc(F)cc2)cc1NCCN1CCCC1. The molecule has 1 fully saturated rings. The molecule has 0 unspecified atom stereocenters. The van der Waals surface area contributed by atoms with Gasteiger partial charge in [-0.2, -0.15) is 0 Å². The Labute approximate surface area is 140 Å². The maximum Gasteiger partial charge on any atom is 0.292 e. The maximum atomic E-state index is 13.1. The van der Waals surface area contributed by atoms with Gasteiger partial charge >= 0.3 is 0 Å². The molecule has 1 saturated heterocycles. The number of benzene rings is 2. The zero-order valence-corrected chi connectivity index (χ0v) is 13.4. The van der Waals surface area contributed by atoms with E-state index in [2.05, 4.69) is 10.2 Å². The molecule has 2 aromatic rings. The van der Waals surface area contributed by atoms with Crippen LogP contribution in [0.4, 0.5) is 15.8 Å². The van der Waals surface area contributed by atoms with E-state index in [1.165, 1.54) is 31.0 Å². The number of anilines is 1. The third-order valence-corrected chi connectivity index (χ3v) is 4.31. The lowest BCUT2D eigenvalue weighted by molar-refractivity contribution is -0.383. The Hall–Kier alpha value is -2.47. The molecule has 24 heavy (non-hydrogen) atoms. The number of nitro groups is 1. The highest BCUT2D eigenvalue weighted by atomic mass is 19.1. The number of nitrogens with zero attached hydrogens (tertiary/aromatic N) is 2. The van der Waals surface area contributed by atoms with E-state index in [-0.39, 0.29) is 16.4 Å². The van der Waals surface area contributed by atoms with Crippen LogP contribution < -0.4 is 5.32 Å². The van der Waals surface area contributed by atoms with Crippen LogP contribution in [0, 0.1) is 15.9 Å². The van der Waals surface area contributed by atoms with Crippen molar-refractivity contribution in [1.82, 2.24) is 4.90 Å². The van der Waals surface area contributed by atoms with E-state index < -0.39 is 0 Å². The maximum absolute atomic E-state index is 13.1. The van der Waals surface area contributed by atoms with Crippen LogP contribution in [0.2, 0.25) is 0 Å². The summed E-state index contributed by atoms with van der Waals surface area (Å²) < 4.78 is 13.1. The van der Waals surface area contributed by atoms with Gasteiger partial charge in [0.1, 0.15) is 11.5 Å². The second kappa shape index (κ2) is 7.40. The van der Waals surface area contributed by atoms with Crippen LogP contribution >= 0.6 is 0 Å². The van der Waals surface area contributed by atoms with Gasteiger partial charge in [-0.05, 0) is 61.3 Å². The number of rotatable bonds is 6. The minimum atomic E-state index is -0.382. The summed E-state index contributed by atoms with van der Waals surface area (Å²) in [7, 11) is 0. The van der Waals surface area contributed by atoms with Crippen LogP contribution in [0.25, 0.3) is 11.1 Å². The smallest absolute Gasteiger partial charge is 0.292 e. The first-order valence-electron chi connectivity index (χ1n) is 8.14. The van der Waals surface area contributed by atoms with E-state index in [0.29, 0.717) is 12.2 Å². The van der Waals surface area contributed by atoms with Crippen molar-refractivity contribution in [2.75, 3.05) is 31.5 Å². The van der Waals surface area contributed by atoms with Crippen LogP contribution in [0.5, 0.6) is 0 Å². The molecule has 0 saturated carbocycles. The summed E-state index contributed by atoms with van der Waals surface area (Å²) in [4.78, 5) is 13.2. The summed E-state index contributed by atoms with van der Waals surface area (Å²) in [5.74, 6) is -0.301. The summed E-state index contributed by atoms with van der Waals surface area (Å²) in [5, 5.41) is 14.4. The monoisotopic (exact) mass is 329 g/mol. The van der Waals surface area contributed by atoms with Gasteiger partial charge in [0.05, 0.1) is 4.92 Å². The van der Waals surface area contributed by atoms with Gasteiger partial charge in [-0.3, -0.25) is 10.1 Å². The molecule has 1 aliphatic heterocycles. The first-order valence-corrected chi connectivity index (χ1v) is 8.14. The molecule has 1 aliphatic rings. The van der Waals surface area contributed by atoms with Gasteiger partial charge in [0.2, 0.25) is 0 Å². The quantitative estimate of drug-likeness (QED) is 0.645. The molecule has 0 amide bonds. The third kappa shape index (κ3) is 3.89. The molecule has 1 N–H and O–H groups in total. The second-order valence-electron chi connectivity index (χ2n) is 5.97. The second-order valence-corrected chi connectivity index (χ2v) is 5.97. The van der Waals surface area contributed by atoms with E-state index in [9.17, 15) is 14.5 Å². The van der Waals surface area contributed by atoms with Crippen LogP contribution in [0.1, 0.15) is 12.8 Å². The minimum absolute atomic E-state index is 0.0577. The van der Waals surface area contributed by atoms with Crippen LogP contribution in [-0.2, 0) is 0 Å². The van der Waals surface area contributed by atoms with Crippen LogP contribution in [0.3, 0.4) is 0 Å². The zero-order valence-electron chi connectivity index (χ0n) is 13.4. The molecule has 0 atom stereocenters. The van der Waals surface area contributed by atoms with Crippen molar-refractivity contribution in [1.29, 1.82) is 0 Å². The average molecular weight is 329 g/mol. The minimum Gasteiger partial charge on any atom is -0.378 e. The molecule has 2 aromatic carbocycles. The van der Waals surface area contributed by atoms with Crippen molar-refractivity contribution in [3.8, 4) is 11.1 Å². The molecule has 6 heteroatoms. The van der Waals surface area contributed by atoms with Crippen molar-refractivity contribution >= 4 is 11.4 Å². The lowest BCUT2D eigenvalue weighted by atomic mass is 10.0. The molecule has 0 aromatic heterocycles. The van der Waals surface area contributed by atoms with E-state index in [0.717, 1.165) is 30.8 Å². The molecule has 5 nitrogen and oxygen atoms in total. The summed E-state index contributed by atoms with van der Waals surface area (Å²) in [6, 6.07) is 11.1. The highest BCUT2D eigenvalue weighted by molar-refractivity contribution is 5.74. The van der Waals surface area contributed by atoms with E-state index in [1.54, 1.807) is 24.3 Å². The first-order chi connectivity index (χ1) is 11.6. The Bertz CT molecular complexity index is 713. The predicted octanol–water partition coefficient (Wildman–Crippen LogP) is 3.91. The number of likely N-dealkylation sites (tertiary alicyclic amines) is 1. The van der Waals surface area contributed by atoms with Gasteiger partial charge < -0.3 is 10.2 Å². The highest BCUT2D eigenvalue weighted by Gasteiger charge is 2.16. The predicted molar refractivity (Wildman–Crippen MR) is 92.7 cm³/mol. The number of hydrogen-bond acceptors (Lipinski definition) is 4. The van der Waals surface area contributed by atoms with Crippen LogP contribution in [-0.4, -0.2) is 36.0 Å². The summed E-state index contributed by atoms with van der Waals surface area (Å²) in [6.45, 7) is 3.73. The van der Waals surface area contributed by atoms with Crippen molar-refractivity contribution < 1.29 is 9.31 Å². The number of halogens is 1. The molecule has 0 bridgehead atoms. The van der Waals surface area contributed by atoms with Gasteiger partial charge in [0, 0.05) is 19.2 Å². The van der Waals surface area contributed by atoms with Gasteiger partial charge in [-0.15, -0.1) is 0 Å². The lowest BCUT2D eigenvalue weighted by Gasteiger charge is -2.15. The average Bonchev–Trinajstić information content (AvgIpc) is 3.08. The third-order valence-electron chi connectivity index (χ3n) is 4.31. The summed E-state index contributed by atoms with van der Waals surface area (Å²) in [5.41, 5.74) is 2.21. The highest BCUT2D eigenvalue weighted by Crippen LogP contribution is 2.30. The van der Waals surface area contributed by atoms with Crippen LogP contribution in [0.15, 0.2) is 42.5 Å². The Balaban J connectivity index is 1.77. The molecule has 3 rings (SSSR count). The van der Waals surface area contributed by atoms with Gasteiger partial charge in [-0.1, -0.05) is 12.1 Å². The van der Waals surface area contributed by atoms with E-state index in [4.69, 9.17) is 0 Å². The van der Waals surface area contributed by atoms with E-state index >= 15 is 0 Å². The summed E-state index contributed by atoms with van der Waals surface area (Å²) >= 11 is 0. The molecule has 0 aliphatic carbocycles. The van der Waals surface area contributed by atoms with Crippen molar-refractivity contribution in [2.24, 2.45) is 0 Å². The fourth-order valence-corrected chi connectivity index (χ4v) is 3.01. The number of hydrogen-bond donors (Lipinski definition) is 1. The first kappa shape index (κ1) is 16.4. The molecule has 0 spiro atoms. The molecular formula is C18H20FN3O2. The fraction of sp³-hybridized carbons (Fsp3) is 0.333. The Morgan fingerprint density at radius 3 is 2.42 bits per heavy atom. The Morgan fingerprint density at radius 2 is 1.75 bits per heavy atom. The summed E-state index contributed by atoms with van der Waals surface area (Å²) in [6.07, 6.45) is 2.44. The molecular weight excluding hydrogens is 309 g/mol. The lowest BCUT2D eigenvalue weighted by Crippen LogP contribution is -2.26. The van der Waals surface area contributed by atoms with Crippen molar-refractivity contribution in [3.05, 3.63) is 58.4 Å². The number of nitro benzene ring substituents is 1. The van der Waals surface area contributed by atoms with Gasteiger partial charge in [0.15, 0.2) is 0 Å². The molecule has 0 radical (unpaired) electrons. The molecule has 126 valence electrons.